The van der Waals surface area contributed by atoms with Crippen LogP contribution in [-0.4, -0.2) is 48.7 Å². The SMILES string of the molecule is COc1ccc(C(=O)COC(=O)CCN2C(=O)[C@@H]3CC=CC[C@H]3C2=O)cc1. The highest BCUT2D eigenvalue weighted by Crippen LogP contribution is 2.34. The van der Waals surface area contributed by atoms with Gasteiger partial charge in [0.05, 0.1) is 25.4 Å². The zero-order valence-corrected chi connectivity index (χ0v) is 15.1. The summed E-state index contributed by atoms with van der Waals surface area (Å²) >= 11 is 0. The molecule has 0 N–H and O–H groups in total. The Kier molecular flexibility index (Phi) is 5.69. The summed E-state index contributed by atoms with van der Waals surface area (Å²) in [6.07, 6.45) is 4.82. The van der Waals surface area contributed by atoms with E-state index in [1.165, 1.54) is 7.11 Å². The molecule has 1 aromatic carbocycles. The molecule has 1 saturated heterocycles. The predicted octanol–water partition coefficient (Wildman–Crippen LogP) is 1.76. The van der Waals surface area contributed by atoms with Gasteiger partial charge in [0, 0.05) is 12.1 Å². The number of fused-ring (bicyclic) bond motifs is 1. The standard InChI is InChI=1S/C20H21NO6/c1-26-14-8-6-13(7-9-14)17(22)12-27-18(23)10-11-21-19(24)15-4-2-3-5-16(15)20(21)25/h2-3,6-9,15-16H,4-5,10-12H2,1H3/t15-,16-/m1/s1. The fraction of sp³-hybridized carbons (Fsp3) is 0.400. The molecule has 1 heterocycles. The van der Waals surface area contributed by atoms with Gasteiger partial charge < -0.3 is 9.47 Å². The van der Waals surface area contributed by atoms with Crippen molar-refractivity contribution in [2.75, 3.05) is 20.3 Å². The lowest BCUT2D eigenvalue weighted by molar-refractivity contribution is -0.145. The van der Waals surface area contributed by atoms with Gasteiger partial charge in [0.15, 0.2) is 12.4 Å². The van der Waals surface area contributed by atoms with Crippen LogP contribution in [0.1, 0.15) is 29.6 Å². The van der Waals surface area contributed by atoms with Crippen molar-refractivity contribution < 1.29 is 28.7 Å². The van der Waals surface area contributed by atoms with E-state index in [2.05, 4.69) is 0 Å². The summed E-state index contributed by atoms with van der Waals surface area (Å²) in [5, 5.41) is 0. The molecule has 1 aromatic rings. The summed E-state index contributed by atoms with van der Waals surface area (Å²) in [5.41, 5.74) is 0.407. The molecule has 0 spiro atoms. The number of ketones is 1. The van der Waals surface area contributed by atoms with E-state index in [-0.39, 0.29) is 49.0 Å². The number of amides is 2. The molecule has 1 fully saturated rings. The lowest BCUT2D eigenvalue weighted by atomic mass is 9.85. The van der Waals surface area contributed by atoms with Crippen LogP contribution in [-0.2, 0) is 19.1 Å². The maximum atomic E-state index is 12.3. The summed E-state index contributed by atoms with van der Waals surface area (Å²) in [6, 6.07) is 6.47. The lowest BCUT2D eigenvalue weighted by Gasteiger charge is -2.14. The molecule has 27 heavy (non-hydrogen) atoms. The first kappa shape index (κ1) is 18.8. The molecule has 2 amide bonds. The van der Waals surface area contributed by atoms with Gasteiger partial charge in [0.1, 0.15) is 5.75 Å². The highest BCUT2D eigenvalue weighted by atomic mass is 16.5. The molecule has 7 nitrogen and oxygen atoms in total. The Morgan fingerprint density at radius 2 is 1.63 bits per heavy atom. The number of ether oxygens (including phenoxy) is 2. The zero-order valence-electron chi connectivity index (χ0n) is 15.1. The minimum atomic E-state index is -0.620. The van der Waals surface area contributed by atoms with Crippen LogP contribution in [0, 0.1) is 11.8 Å². The van der Waals surface area contributed by atoms with E-state index in [0.717, 1.165) is 4.90 Å². The van der Waals surface area contributed by atoms with Crippen LogP contribution in [0.4, 0.5) is 0 Å². The zero-order chi connectivity index (χ0) is 19.4. The fourth-order valence-corrected chi connectivity index (χ4v) is 3.37. The van der Waals surface area contributed by atoms with E-state index in [9.17, 15) is 19.2 Å². The second-order valence-electron chi connectivity index (χ2n) is 6.55. The number of carbonyl (C=O) groups excluding carboxylic acids is 4. The third kappa shape index (κ3) is 4.07. The van der Waals surface area contributed by atoms with Gasteiger partial charge in [-0.2, -0.15) is 0 Å². The number of Topliss-reactive ketones (excluding diaryl/α,β-unsaturated/α-hetero) is 1. The number of imide groups is 1. The average Bonchev–Trinajstić information content (AvgIpc) is 2.95. The summed E-state index contributed by atoms with van der Waals surface area (Å²) in [5.74, 6) is -1.40. The molecule has 2 aliphatic rings. The maximum Gasteiger partial charge on any atom is 0.308 e. The molecule has 1 aliphatic carbocycles. The minimum absolute atomic E-state index is 0.0137. The predicted molar refractivity (Wildman–Crippen MR) is 95.0 cm³/mol. The van der Waals surface area contributed by atoms with E-state index in [1.54, 1.807) is 24.3 Å². The number of esters is 1. The molecule has 142 valence electrons. The molecular formula is C20H21NO6. The van der Waals surface area contributed by atoms with Gasteiger partial charge in [-0.05, 0) is 37.1 Å². The van der Waals surface area contributed by atoms with Gasteiger partial charge >= 0.3 is 5.97 Å². The molecule has 2 atom stereocenters. The van der Waals surface area contributed by atoms with Crippen LogP contribution in [0.3, 0.4) is 0 Å². The number of hydrogen-bond acceptors (Lipinski definition) is 6. The Morgan fingerprint density at radius 1 is 1.04 bits per heavy atom. The van der Waals surface area contributed by atoms with E-state index >= 15 is 0 Å². The first-order chi connectivity index (χ1) is 13.0. The second-order valence-corrected chi connectivity index (χ2v) is 6.55. The van der Waals surface area contributed by atoms with Crippen molar-refractivity contribution in [2.45, 2.75) is 19.3 Å². The number of rotatable bonds is 7. The average molecular weight is 371 g/mol. The minimum Gasteiger partial charge on any atom is -0.497 e. The number of likely N-dealkylation sites (tertiary alicyclic amines) is 1. The summed E-state index contributed by atoms with van der Waals surface area (Å²) in [4.78, 5) is 49.7. The Morgan fingerprint density at radius 3 is 2.19 bits per heavy atom. The van der Waals surface area contributed by atoms with Gasteiger partial charge in [0.25, 0.3) is 0 Å². The van der Waals surface area contributed by atoms with Gasteiger partial charge in [-0.25, -0.2) is 0 Å². The monoisotopic (exact) mass is 371 g/mol. The first-order valence-corrected chi connectivity index (χ1v) is 8.84. The van der Waals surface area contributed by atoms with Crippen LogP contribution in [0.5, 0.6) is 5.75 Å². The molecule has 0 unspecified atom stereocenters. The lowest BCUT2D eigenvalue weighted by Crippen LogP contribution is -2.33. The molecule has 0 saturated carbocycles. The van der Waals surface area contributed by atoms with Gasteiger partial charge in [-0.3, -0.25) is 24.1 Å². The van der Waals surface area contributed by atoms with Crippen LogP contribution in [0.2, 0.25) is 0 Å². The largest absolute Gasteiger partial charge is 0.497 e. The van der Waals surface area contributed by atoms with Crippen molar-refractivity contribution in [1.29, 1.82) is 0 Å². The van der Waals surface area contributed by atoms with E-state index in [1.807, 2.05) is 12.2 Å². The number of hydrogen-bond donors (Lipinski definition) is 0. The highest BCUT2D eigenvalue weighted by molar-refractivity contribution is 6.05. The Labute approximate surface area is 156 Å². The summed E-state index contributed by atoms with van der Waals surface area (Å²) < 4.78 is 10.0. The van der Waals surface area contributed by atoms with Gasteiger partial charge in [0.2, 0.25) is 11.8 Å². The first-order valence-electron chi connectivity index (χ1n) is 8.84. The van der Waals surface area contributed by atoms with Crippen molar-refractivity contribution in [3.63, 3.8) is 0 Å². The topological polar surface area (TPSA) is 90.0 Å². The molecule has 0 bridgehead atoms. The summed E-state index contributed by atoms with van der Waals surface area (Å²) in [6.45, 7) is -0.400. The van der Waals surface area contributed by atoms with Gasteiger partial charge in [-0.1, -0.05) is 12.2 Å². The van der Waals surface area contributed by atoms with Crippen molar-refractivity contribution in [1.82, 2.24) is 4.90 Å². The van der Waals surface area contributed by atoms with E-state index in [0.29, 0.717) is 24.2 Å². The Hall–Kier alpha value is -2.96. The third-order valence-electron chi connectivity index (χ3n) is 4.91. The number of nitrogens with zero attached hydrogens (tertiary/aromatic N) is 1. The van der Waals surface area contributed by atoms with Crippen LogP contribution in [0.25, 0.3) is 0 Å². The van der Waals surface area contributed by atoms with Crippen LogP contribution < -0.4 is 4.74 Å². The number of benzene rings is 1. The Bertz CT molecular complexity index is 756. The fourth-order valence-electron chi connectivity index (χ4n) is 3.37. The maximum absolute atomic E-state index is 12.3. The smallest absolute Gasteiger partial charge is 0.308 e. The van der Waals surface area contributed by atoms with Crippen LogP contribution in [0.15, 0.2) is 36.4 Å². The van der Waals surface area contributed by atoms with Crippen molar-refractivity contribution in [3.8, 4) is 5.75 Å². The highest BCUT2D eigenvalue weighted by Gasteiger charge is 2.46. The molecule has 3 rings (SSSR count). The van der Waals surface area contributed by atoms with Crippen molar-refractivity contribution >= 4 is 23.6 Å². The Balaban J connectivity index is 1.46. The van der Waals surface area contributed by atoms with Crippen LogP contribution >= 0.6 is 0 Å². The third-order valence-corrected chi connectivity index (χ3v) is 4.91. The quantitative estimate of drug-likeness (QED) is 0.314. The number of allylic oxidation sites excluding steroid dienone is 2. The molecule has 0 radical (unpaired) electrons. The van der Waals surface area contributed by atoms with Crippen molar-refractivity contribution in [2.24, 2.45) is 11.8 Å². The molecule has 1 aliphatic heterocycles. The number of carbonyl (C=O) groups is 4. The number of methoxy groups -OCH3 is 1. The molecule has 7 heteroatoms. The van der Waals surface area contributed by atoms with E-state index in [4.69, 9.17) is 9.47 Å². The molecule has 0 aromatic heterocycles. The van der Waals surface area contributed by atoms with Crippen molar-refractivity contribution in [3.05, 3.63) is 42.0 Å². The summed E-state index contributed by atoms with van der Waals surface area (Å²) in [7, 11) is 1.53. The van der Waals surface area contributed by atoms with Gasteiger partial charge in [-0.15, -0.1) is 0 Å². The van der Waals surface area contributed by atoms with E-state index < -0.39 is 5.97 Å². The normalized spacial score (nSPS) is 21.1. The second kappa shape index (κ2) is 8.16. The molecular weight excluding hydrogens is 350 g/mol.